The molecule has 7 heavy (non-hydrogen) atoms. The van der Waals surface area contributed by atoms with Crippen molar-refractivity contribution >= 4 is 29.0 Å². The average molecular weight is 115 g/mol. The number of rotatable bonds is 1. The van der Waals surface area contributed by atoms with Gasteiger partial charge < -0.3 is 10.8 Å². The van der Waals surface area contributed by atoms with Crippen LogP contribution in [-0.2, 0) is 4.79 Å². The SMILES string of the molecule is CC(N)C(=O)O.[MgH2]. The summed E-state index contributed by atoms with van der Waals surface area (Å²) in [5, 5.41) is 7.87. The van der Waals surface area contributed by atoms with Crippen molar-refractivity contribution in [1.82, 2.24) is 0 Å². The van der Waals surface area contributed by atoms with Gasteiger partial charge in [-0.2, -0.15) is 0 Å². The molecule has 3 nitrogen and oxygen atoms in total. The maximum atomic E-state index is 9.57. The zero-order chi connectivity index (χ0) is 5.15. The second kappa shape index (κ2) is 4.36. The third-order valence-electron chi connectivity index (χ3n) is 0.390. The van der Waals surface area contributed by atoms with Crippen LogP contribution in [0, 0.1) is 0 Å². The zero-order valence-corrected chi connectivity index (χ0v) is 3.51. The van der Waals surface area contributed by atoms with E-state index in [2.05, 4.69) is 0 Å². The summed E-state index contributed by atoms with van der Waals surface area (Å²) >= 11 is 0. The van der Waals surface area contributed by atoms with Gasteiger partial charge in [-0.15, -0.1) is 0 Å². The molecule has 0 heterocycles. The minimum Gasteiger partial charge on any atom is -0.480 e. The molecule has 0 saturated heterocycles. The number of nitrogens with two attached hydrogens (primary N) is 1. The normalized spacial score (nSPS) is 11.7. The van der Waals surface area contributed by atoms with Gasteiger partial charge in [0.1, 0.15) is 6.04 Å². The molecule has 0 aliphatic carbocycles. The third-order valence-corrected chi connectivity index (χ3v) is 0.390. The maximum absolute atomic E-state index is 9.57. The van der Waals surface area contributed by atoms with Gasteiger partial charge in [0.05, 0.1) is 0 Å². The minimum absolute atomic E-state index is 0. The maximum Gasteiger partial charge on any atom is 0.320 e. The average Bonchev–Trinajstić information content (AvgIpc) is 1.36. The van der Waals surface area contributed by atoms with Gasteiger partial charge in [0, 0.05) is 0 Å². The number of aliphatic carboxylic acids is 1. The van der Waals surface area contributed by atoms with Crippen LogP contribution in [0.25, 0.3) is 0 Å². The summed E-state index contributed by atoms with van der Waals surface area (Å²) in [6, 6.07) is -0.731. The van der Waals surface area contributed by atoms with Gasteiger partial charge in [-0.1, -0.05) is 0 Å². The number of hydrogen-bond acceptors (Lipinski definition) is 2. The first-order valence-electron chi connectivity index (χ1n) is 1.63. The molecule has 40 valence electrons. The van der Waals surface area contributed by atoms with Crippen LogP contribution in [0.4, 0.5) is 0 Å². The summed E-state index contributed by atoms with van der Waals surface area (Å²) in [4.78, 5) is 9.57. The summed E-state index contributed by atoms with van der Waals surface area (Å²) in [5.74, 6) is -0.963. The van der Waals surface area contributed by atoms with Gasteiger partial charge in [-0.05, 0) is 6.92 Å². The Morgan fingerprint density at radius 3 is 2.00 bits per heavy atom. The summed E-state index contributed by atoms with van der Waals surface area (Å²) in [5.41, 5.74) is 4.84. The van der Waals surface area contributed by atoms with Crippen LogP contribution in [-0.4, -0.2) is 40.2 Å². The van der Waals surface area contributed by atoms with Crippen molar-refractivity contribution in [2.24, 2.45) is 5.73 Å². The van der Waals surface area contributed by atoms with E-state index in [9.17, 15) is 4.79 Å². The monoisotopic (exact) mass is 115 g/mol. The van der Waals surface area contributed by atoms with Crippen molar-refractivity contribution in [3.8, 4) is 0 Å². The van der Waals surface area contributed by atoms with Crippen LogP contribution in [0.1, 0.15) is 6.92 Å². The van der Waals surface area contributed by atoms with E-state index in [0.29, 0.717) is 0 Å². The zero-order valence-electron chi connectivity index (χ0n) is 3.51. The first-order chi connectivity index (χ1) is 2.64. The lowest BCUT2D eigenvalue weighted by Gasteiger charge is -1.90. The molecule has 0 fully saturated rings. The summed E-state index contributed by atoms with van der Waals surface area (Å²) in [6.07, 6.45) is 0. The van der Waals surface area contributed by atoms with Crippen LogP contribution in [0.3, 0.4) is 0 Å². The number of hydrogen-bond donors (Lipinski definition) is 2. The quantitative estimate of drug-likeness (QED) is 0.409. The second-order valence-electron chi connectivity index (χ2n) is 1.13. The van der Waals surface area contributed by atoms with E-state index in [1.165, 1.54) is 6.92 Å². The molecule has 1 atom stereocenters. The van der Waals surface area contributed by atoms with Gasteiger partial charge in [0.2, 0.25) is 0 Å². The highest BCUT2D eigenvalue weighted by molar-refractivity contribution is 5.75. The van der Waals surface area contributed by atoms with Gasteiger partial charge in [0.15, 0.2) is 0 Å². The van der Waals surface area contributed by atoms with Crippen LogP contribution in [0.15, 0.2) is 0 Å². The standard InChI is InChI=1S/C3H7NO2.Mg.2H/c1-2(4)3(5)6;;;/h2H,4H2,1H3,(H,5,6);;;. The highest BCUT2D eigenvalue weighted by Crippen LogP contribution is 1.68. The molecule has 0 aliphatic rings. The Bertz CT molecular complexity index is 64.0. The van der Waals surface area contributed by atoms with E-state index in [-0.39, 0.29) is 23.1 Å². The van der Waals surface area contributed by atoms with E-state index in [4.69, 9.17) is 10.8 Å². The van der Waals surface area contributed by atoms with E-state index in [1.807, 2.05) is 0 Å². The highest BCUT2D eigenvalue weighted by Gasteiger charge is 1.99. The number of carbonyl (C=O) groups is 1. The van der Waals surface area contributed by atoms with Crippen LogP contribution in [0.2, 0.25) is 0 Å². The lowest BCUT2D eigenvalue weighted by atomic mass is 10.4. The molecule has 0 radical (unpaired) electrons. The van der Waals surface area contributed by atoms with Gasteiger partial charge >= 0.3 is 29.0 Å². The Labute approximate surface area is 58.0 Å². The number of carboxylic acids is 1. The Morgan fingerprint density at radius 2 is 2.00 bits per heavy atom. The molecular formula is C3H9MgNO2. The molecule has 0 aromatic carbocycles. The van der Waals surface area contributed by atoms with E-state index in [0.717, 1.165) is 0 Å². The fourth-order valence-electron chi connectivity index (χ4n) is 0. The Morgan fingerprint density at radius 1 is 1.86 bits per heavy atom. The van der Waals surface area contributed by atoms with Crippen molar-refractivity contribution in [2.75, 3.05) is 0 Å². The summed E-state index contributed by atoms with van der Waals surface area (Å²) in [7, 11) is 0. The topological polar surface area (TPSA) is 63.3 Å². The Kier molecular flexibility index (Phi) is 6.37. The smallest absolute Gasteiger partial charge is 0.320 e. The highest BCUT2D eigenvalue weighted by atomic mass is 24.3. The molecule has 0 bridgehead atoms. The van der Waals surface area contributed by atoms with Gasteiger partial charge in [0.25, 0.3) is 0 Å². The van der Waals surface area contributed by atoms with Crippen LogP contribution >= 0.6 is 0 Å². The molecule has 0 aromatic rings. The molecule has 0 saturated carbocycles. The molecule has 3 N–H and O–H groups in total. The van der Waals surface area contributed by atoms with Gasteiger partial charge in [-0.25, -0.2) is 0 Å². The first-order valence-corrected chi connectivity index (χ1v) is 1.63. The number of carboxylic acid groups (broad SMARTS) is 1. The van der Waals surface area contributed by atoms with Crippen molar-refractivity contribution in [2.45, 2.75) is 13.0 Å². The summed E-state index contributed by atoms with van der Waals surface area (Å²) in [6.45, 7) is 1.42. The Balaban J connectivity index is 0. The molecule has 0 amide bonds. The van der Waals surface area contributed by atoms with Crippen molar-refractivity contribution < 1.29 is 9.90 Å². The molecule has 0 rings (SSSR count). The predicted molar refractivity (Wildman–Crippen MR) is 29.8 cm³/mol. The molecule has 0 spiro atoms. The molecule has 1 unspecified atom stereocenters. The predicted octanol–water partition coefficient (Wildman–Crippen LogP) is -1.50. The lowest BCUT2D eigenvalue weighted by Crippen LogP contribution is -2.25. The van der Waals surface area contributed by atoms with E-state index >= 15 is 0 Å². The minimum atomic E-state index is -0.963. The van der Waals surface area contributed by atoms with E-state index < -0.39 is 12.0 Å². The van der Waals surface area contributed by atoms with E-state index in [1.54, 1.807) is 0 Å². The third kappa shape index (κ3) is 6.20. The fraction of sp³-hybridized carbons (Fsp3) is 0.667. The van der Waals surface area contributed by atoms with Crippen LogP contribution in [0.5, 0.6) is 0 Å². The molecule has 0 aliphatic heterocycles. The lowest BCUT2D eigenvalue weighted by molar-refractivity contribution is -0.138. The summed E-state index contributed by atoms with van der Waals surface area (Å²) < 4.78 is 0. The molecule has 4 heteroatoms. The largest absolute Gasteiger partial charge is 0.480 e. The molecular weight excluding hydrogens is 106 g/mol. The van der Waals surface area contributed by atoms with Crippen molar-refractivity contribution in [3.63, 3.8) is 0 Å². The molecule has 0 aromatic heterocycles. The van der Waals surface area contributed by atoms with Crippen molar-refractivity contribution in [1.29, 1.82) is 0 Å². The van der Waals surface area contributed by atoms with Crippen LogP contribution < -0.4 is 5.73 Å². The fourth-order valence-corrected chi connectivity index (χ4v) is 0. The second-order valence-corrected chi connectivity index (χ2v) is 1.13. The Hall–Kier alpha value is 0.196. The van der Waals surface area contributed by atoms with Crippen molar-refractivity contribution in [3.05, 3.63) is 0 Å². The van der Waals surface area contributed by atoms with Gasteiger partial charge in [-0.3, -0.25) is 4.79 Å². The first kappa shape index (κ1) is 10.2.